The minimum Gasteiger partial charge on any atom is -0.350 e. The standard InChI is InChI=1S/C13H9N.BF/c1-3-7-12-10(5-1)9-11-6-2-4-8-13(11)14-12;1-2/h1-9H;. The molecule has 1 nitrogen and oxygen atoms in total. The van der Waals surface area contributed by atoms with E-state index in [0.29, 0.717) is 0 Å². The maximum absolute atomic E-state index is 9.00. The lowest BCUT2D eigenvalue weighted by Crippen LogP contribution is -1.80. The molecule has 0 spiro atoms. The van der Waals surface area contributed by atoms with Gasteiger partial charge in [-0.15, -0.1) is 0 Å². The van der Waals surface area contributed by atoms with Crippen LogP contribution in [0.2, 0.25) is 0 Å². The summed E-state index contributed by atoms with van der Waals surface area (Å²) < 4.78 is 9.00. The molecule has 0 fully saturated rings. The molecule has 16 heavy (non-hydrogen) atoms. The minimum atomic E-state index is 1.06. The van der Waals surface area contributed by atoms with Gasteiger partial charge in [-0.1, -0.05) is 36.4 Å². The van der Waals surface area contributed by atoms with E-state index < -0.39 is 0 Å². The van der Waals surface area contributed by atoms with E-state index in [1.807, 2.05) is 36.4 Å². The first-order valence-electron chi connectivity index (χ1n) is 4.90. The molecule has 1 heterocycles. The van der Waals surface area contributed by atoms with Crippen LogP contribution in [-0.2, 0) is 0 Å². The number of fused-ring (bicyclic) bond motifs is 2. The van der Waals surface area contributed by atoms with Crippen LogP contribution in [0.25, 0.3) is 21.8 Å². The van der Waals surface area contributed by atoms with Crippen molar-refractivity contribution in [2.24, 2.45) is 0 Å². The van der Waals surface area contributed by atoms with E-state index in [-0.39, 0.29) is 0 Å². The van der Waals surface area contributed by atoms with Gasteiger partial charge >= 0.3 is 8.12 Å². The molecule has 0 N–H and O–H groups in total. The van der Waals surface area contributed by atoms with Crippen molar-refractivity contribution in [1.29, 1.82) is 0 Å². The zero-order valence-electron chi connectivity index (χ0n) is 8.60. The Bertz CT molecular complexity index is 505. The van der Waals surface area contributed by atoms with Crippen LogP contribution in [0, 0.1) is 0 Å². The summed E-state index contributed by atoms with van der Waals surface area (Å²) in [6.45, 7) is 0. The maximum Gasteiger partial charge on any atom is 0.350 e. The van der Waals surface area contributed by atoms with E-state index in [9.17, 15) is 0 Å². The molecule has 0 bridgehead atoms. The van der Waals surface area contributed by atoms with Gasteiger partial charge in [0.05, 0.1) is 11.0 Å². The first-order chi connectivity index (χ1) is 7.93. The van der Waals surface area contributed by atoms with E-state index >= 15 is 0 Å². The van der Waals surface area contributed by atoms with Crippen LogP contribution >= 0.6 is 0 Å². The van der Waals surface area contributed by atoms with Crippen LogP contribution in [0.5, 0.6) is 0 Å². The Morgan fingerprint density at radius 2 is 1.19 bits per heavy atom. The van der Waals surface area contributed by atoms with Crippen LogP contribution in [-0.4, -0.2) is 13.1 Å². The van der Waals surface area contributed by atoms with Gasteiger partial charge in [0.15, 0.2) is 0 Å². The van der Waals surface area contributed by atoms with Gasteiger partial charge in [-0.2, -0.15) is 0 Å². The Morgan fingerprint density at radius 3 is 1.69 bits per heavy atom. The largest absolute Gasteiger partial charge is 0.350 e. The summed E-state index contributed by atoms with van der Waals surface area (Å²) >= 11 is 0. The number of pyridine rings is 1. The van der Waals surface area contributed by atoms with Crippen molar-refractivity contribution in [2.45, 2.75) is 0 Å². The fraction of sp³-hybridized carbons (Fsp3) is 0. The van der Waals surface area contributed by atoms with Crippen molar-refractivity contribution in [3.05, 3.63) is 54.6 Å². The molecule has 0 atom stereocenters. The quantitative estimate of drug-likeness (QED) is 0.408. The summed E-state index contributed by atoms with van der Waals surface area (Å²) in [7, 11) is 3.00. The van der Waals surface area contributed by atoms with E-state index in [1.54, 1.807) is 0 Å². The van der Waals surface area contributed by atoms with Crippen LogP contribution in [0.15, 0.2) is 54.6 Å². The van der Waals surface area contributed by atoms with E-state index in [2.05, 4.69) is 31.3 Å². The zero-order valence-corrected chi connectivity index (χ0v) is 8.60. The van der Waals surface area contributed by atoms with Gasteiger partial charge in [0.1, 0.15) is 0 Å². The molecule has 3 heteroatoms. The molecule has 0 aliphatic rings. The van der Waals surface area contributed by atoms with E-state index in [4.69, 9.17) is 4.32 Å². The van der Waals surface area contributed by atoms with E-state index in [0.717, 1.165) is 11.0 Å². The number of aromatic nitrogens is 1. The molecule has 3 rings (SSSR count). The van der Waals surface area contributed by atoms with Crippen molar-refractivity contribution in [3.8, 4) is 0 Å². The Kier molecular flexibility index (Phi) is 3.15. The third kappa shape index (κ3) is 1.89. The average Bonchev–Trinajstić information content (AvgIpc) is 2.38. The van der Waals surface area contributed by atoms with Crippen molar-refractivity contribution < 1.29 is 4.32 Å². The Labute approximate surface area is 94.4 Å². The Hall–Kier alpha value is -1.90. The summed E-state index contributed by atoms with van der Waals surface area (Å²) in [6.07, 6.45) is 0. The Morgan fingerprint density at radius 1 is 0.750 bits per heavy atom. The average molecular weight is 209 g/mol. The second kappa shape index (κ2) is 4.75. The molecule has 0 aliphatic heterocycles. The number of hydrogen-bond donors (Lipinski definition) is 0. The molecule has 0 saturated heterocycles. The van der Waals surface area contributed by atoms with Gasteiger partial charge in [-0.3, -0.25) is 0 Å². The lowest BCUT2D eigenvalue weighted by Gasteiger charge is -1.99. The highest BCUT2D eigenvalue weighted by molar-refractivity contribution is 5.96. The molecule has 2 radical (unpaired) electrons. The fourth-order valence-electron chi connectivity index (χ4n) is 1.72. The van der Waals surface area contributed by atoms with Gasteiger partial charge in [0, 0.05) is 10.8 Å². The van der Waals surface area contributed by atoms with Gasteiger partial charge in [-0.05, 0) is 18.2 Å². The normalized spacial score (nSPS) is 9.81. The molecule has 0 amide bonds. The lowest BCUT2D eigenvalue weighted by molar-refractivity contribution is 0.902. The maximum atomic E-state index is 9.00. The highest BCUT2D eigenvalue weighted by Crippen LogP contribution is 2.18. The monoisotopic (exact) mass is 209 g/mol. The third-order valence-electron chi connectivity index (χ3n) is 2.43. The number of para-hydroxylation sites is 2. The molecule has 2 aromatic carbocycles. The minimum absolute atomic E-state index is 1.06. The molecular weight excluding hydrogens is 200 g/mol. The lowest BCUT2D eigenvalue weighted by atomic mass is 10.1. The van der Waals surface area contributed by atoms with Crippen molar-refractivity contribution in [2.75, 3.05) is 0 Å². The number of rotatable bonds is 0. The fourth-order valence-corrected chi connectivity index (χ4v) is 1.72. The highest BCUT2D eigenvalue weighted by Gasteiger charge is 1.96. The second-order valence-corrected chi connectivity index (χ2v) is 3.37. The number of hydrogen-bond acceptors (Lipinski definition) is 1. The Balaban J connectivity index is 0.000000457. The van der Waals surface area contributed by atoms with Crippen molar-refractivity contribution >= 4 is 29.9 Å². The molecule has 3 aromatic rings. The third-order valence-corrected chi connectivity index (χ3v) is 2.43. The predicted octanol–water partition coefficient (Wildman–Crippen LogP) is 3.43. The second-order valence-electron chi connectivity index (χ2n) is 3.37. The number of benzene rings is 2. The van der Waals surface area contributed by atoms with Crippen LogP contribution in [0.1, 0.15) is 0 Å². The van der Waals surface area contributed by atoms with Crippen molar-refractivity contribution in [3.63, 3.8) is 0 Å². The molecule has 0 unspecified atom stereocenters. The summed E-state index contributed by atoms with van der Waals surface area (Å²) in [6, 6.07) is 18.6. The number of halogens is 1. The molecule has 0 saturated carbocycles. The molecule has 1 aromatic heterocycles. The summed E-state index contributed by atoms with van der Waals surface area (Å²) in [4.78, 5) is 4.58. The smallest absolute Gasteiger partial charge is 0.350 e. The van der Waals surface area contributed by atoms with Crippen molar-refractivity contribution in [1.82, 2.24) is 4.98 Å². The van der Waals surface area contributed by atoms with Crippen LogP contribution in [0.3, 0.4) is 0 Å². The van der Waals surface area contributed by atoms with Gasteiger partial charge in [0.2, 0.25) is 0 Å². The summed E-state index contributed by atoms with van der Waals surface area (Å²) in [5, 5.41) is 2.40. The van der Waals surface area contributed by atoms with Gasteiger partial charge in [-0.25, -0.2) is 4.98 Å². The first-order valence-corrected chi connectivity index (χ1v) is 4.90. The summed E-state index contributed by atoms with van der Waals surface area (Å²) in [5.41, 5.74) is 2.12. The predicted molar refractivity (Wildman–Crippen MR) is 66.1 cm³/mol. The van der Waals surface area contributed by atoms with Crippen LogP contribution in [0.4, 0.5) is 4.32 Å². The molecule has 0 aliphatic carbocycles. The van der Waals surface area contributed by atoms with E-state index in [1.165, 1.54) is 10.8 Å². The van der Waals surface area contributed by atoms with Gasteiger partial charge < -0.3 is 4.32 Å². The topological polar surface area (TPSA) is 12.9 Å². The SMILES string of the molecule is [B]F.c1ccc2nc3ccccc3cc2c1. The molecular formula is C13H9BFN. The van der Waals surface area contributed by atoms with Gasteiger partial charge in [0.25, 0.3) is 0 Å². The summed E-state index contributed by atoms with van der Waals surface area (Å²) in [5.74, 6) is 0. The first kappa shape index (κ1) is 10.6. The molecule has 76 valence electrons. The highest BCUT2D eigenvalue weighted by atomic mass is 19.1. The zero-order chi connectivity index (χ0) is 11.4. The van der Waals surface area contributed by atoms with Crippen LogP contribution < -0.4 is 0 Å². The number of nitrogens with zero attached hydrogens (tertiary/aromatic N) is 1.